The molecule has 0 aliphatic carbocycles. The minimum atomic E-state index is 0.0451. The van der Waals surface area contributed by atoms with E-state index in [0.717, 1.165) is 40.6 Å². The number of halogens is 1. The molecule has 0 radical (unpaired) electrons. The van der Waals surface area contributed by atoms with Gasteiger partial charge in [0.1, 0.15) is 0 Å². The molecule has 1 unspecified atom stereocenters. The van der Waals surface area contributed by atoms with Crippen LogP contribution in [-0.2, 0) is 4.74 Å². The lowest BCUT2D eigenvalue weighted by molar-refractivity contribution is 0.0461. The van der Waals surface area contributed by atoms with E-state index < -0.39 is 0 Å². The van der Waals surface area contributed by atoms with Crippen LogP contribution in [0.2, 0.25) is 0 Å². The van der Waals surface area contributed by atoms with Crippen molar-refractivity contribution in [2.75, 3.05) is 13.2 Å². The van der Waals surface area contributed by atoms with Gasteiger partial charge in [-0.25, -0.2) is 0 Å². The maximum absolute atomic E-state index is 12.3. The number of hydrogen-bond donors (Lipinski definition) is 0. The van der Waals surface area contributed by atoms with Gasteiger partial charge in [0.2, 0.25) is 0 Å². The zero-order valence-electron chi connectivity index (χ0n) is 10.3. The van der Waals surface area contributed by atoms with E-state index in [-0.39, 0.29) is 11.7 Å². The summed E-state index contributed by atoms with van der Waals surface area (Å²) in [4.78, 5) is 12.3. The SMILES string of the molecule is Cc1cc(C(=O)C2CCCOC2)cc(C)c1Br. The molecule has 1 atom stereocenters. The molecule has 1 aromatic carbocycles. The number of benzene rings is 1. The second-order valence-corrected chi connectivity index (χ2v) is 5.50. The van der Waals surface area contributed by atoms with Crippen molar-refractivity contribution in [1.82, 2.24) is 0 Å². The number of ether oxygens (including phenoxy) is 1. The van der Waals surface area contributed by atoms with Crippen LogP contribution in [0.15, 0.2) is 16.6 Å². The van der Waals surface area contributed by atoms with Crippen LogP contribution in [0.5, 0.6) is 0 Å². The first kappa shape index (κ1) is 12.8. The van der Waals surface area contributed by atoms with Gasteiger partial charge in [0.15, 0.2) is 5.78 Å². The summed E-state index contributed by atoms with van der Waals surface area (Å²) in [5.74, 6) is 0.270. The molecular formula is C14H17BrO2. The molecule has 17 heavy (non-hydrogen) atoms. The van der Waals surface area contributed by atoms with Crippen molar-refractivity contribution in [3.05, 3.63) is 33.3 Å². The summed E-state index contributed by atoms with van der Waals surface area (Å²) in [7, 11) is 0. The Balaban J connectivity index is 2.24. The molecule has 0 saturated carbocycles. The summed E-state index contributed by atoms with van der Waals surface area (Å²) < 4.78 is 6.47. The van der Waals surface area contributed by atoms with Gasteiger partial charge in [0, 0.05) is 22.6 Å². The third kappa shape index (κ3) is 2.78. The fourth-order valence-corrected chi connectivity index (χ4v) is 2.50. The third-order valence-electron chi connectivity index (χ3n) is 3.25. The van der Waals surface area contributed by atoms with Gasteiger partial charge < -0.3 is 4.74 Å². The Morgan fingerprint density at radius 1 is 1.35 bits per heavy atom. The Labute approximate surface area is 110 Å². The topological polar surface area (TPSA) is 26.3 Å². The van der Waals surface area contributed by atoms with Gasteiger partial charge in [-0.1, -0.05) is 15.9 Å². The van der Waals surface area contributed by atoms with Crippen molar-refractivity contribution in [3.8, 4) is 0 Å². The van der Waals surface area contributed by atoms with Gasteiger partial charge in [0.05, 0.1) is 6.61 Å². The molecular weight excluding hydrogens is 280 g/mol. The van der Waals surface area contributed by atoms with E-state index in [1.54, 1.807) is 0 Å². The highest BCUT2D eigenvalue weighted by molar-refractivity contribution is 9.10. The quantitative estimate of drug-likeness (QED) is 0.778. The maximum atomic E-state index is 12.3. The molecule has 1 fully saturated rings. The summed E-state index contributed by atoms with van der Waals surface area (Å²) in [6.07, 6.45) is 1.94. The number of rotatable bonds is 2. The number of hydrogen-bond acceptors (Lipinski definition) is 2. The van der Waals surface area contributed by atoms with Crippen LogP contribution >= 0.6 is 15.9 Å². The molecule has 0 amide bonds. The number of carbonyl (C=O) groups excluding carboxylic acids is 1. The van der Waals surface area contributed by atoms with E-state index in [1.165, 1.54) is 0 Å². The first-order chi connectivity index (χ1) is 8.09. The molecule has 1 aliphatic rings. The van der Waals surface area contributed by atoms with E-state index in [4.69, 9.17) is 4.74 Å². The number of carbonyl (C=O) groups is 1. The lowest BCUT2D eigenvalue weighted by Crippen LogP contribution is -2.25. The number of ketones is 1. The van der Waals surface area contributed by atoms with Crippen LogP contribution in [0.1, 0.15) is 34.3 Å². The van der Waals surface area contributed by atoms with Crippen LogP contribution in [0.3, 0.4) is 0 Å². The van der Waals surface area contributed by atoms with Crippen LogP contribution in [0, 0.1) is 19.8 Å². The highest BCUT2D eigenvalue weighted by Gasteiger charge is 2.23. The van der Waals surface area contributed by atoms with E-state index in [2.05, 4.69) is 15.9 Å². The largest absolute Gasteiger partial charge is 0.381 e. The number of Topliss-reactive ketones (excluding diaryl/α,β-unsaturated/α-hetero) is 1. The molecule has 1 aromatic rings. The van der Waals surface area contributed by atoms with Gasteiger partial charge in [-0.15, -0.1) is 0 Å². The predicted molar refractivity (Wildman–Crippen MR) is 71.5 cm³/mol. The molecule has 0 spiro atoms. The molecule has 2 rings (SSSR count). The van der Waals surface area contributed by atoms with E-state index >= 15 is 0 Å². The highest BCUT2D eigenvalue weighted by Crippen LogP contribution is 2.25. The zero-order valence-corrected chi connectivity index (χ0v) is 11.8. The third-order valence-corrected chi connectivity index (χ3v) is 4.50. The van der Waals surface area contributed by atoms with Gasteiger partial charge >= 0.3 is 0 Å². The normalized spacial score (nSPS) is 20.3. The Morgan fingerprint density at radius 3 is 2.53 bits per heavy atom. The summed E-state index contributed by atoms with van der Waals surface area (Å²) >= 11 is 3.52. The minimum absolute atomic E-state index is 0.0451. The van der Waals surface area contributed by atoms with Crippen LogP contribution < -0.4 is 0 Å². The molecule has 1 heterocycles. The fraction of sp³-hybridized carbons (Fsp3) is 0.500. The second kappa shape index (κ2) is 5.32. The van der Waals surface area contributed by atoms with Gasteiger partial charge in [-0.3, -0.25) is 4.79 Å². The Hall–Kier alpha value is -0.670. The van der Waals surface area contributed by atoms with Gasteiger partial charge in [0.25, 0.3) is 0 Å². The molecule has 0 aromatic heterocycles. The van der Waals surface area contributed by atoms with Crippen molar-refractivity contribution in [2.24, 2.45) is 5.92 Å². The smallest absolute Gasteiger partial charge is 0.168 e. The molecule has 0 bridgehead atoms. The minimum Gasteiger partial charge on any atom is -0.381 e. The fourth-order valence-electron chi connectivity index (χ4n) is 2.27. The molecule has 0 N–H and O–H groups in total. The lowest BCUT2D eigenvalue weighted by Gasteiger charge is -2.21. The second-order valence-electron chi connectivity index (χ2n) is 4.70. The first-order valence-corrected chi connectivity index (χ1v) is 6.77. The van der Waals surface area contributed by atoms with Gasteiger partial charge in [-0.2, -0.15) is 0 Å². The van der Waals surface area contributed by atoms with E-state index in [0.29, 0.717) is 6.61 Å². The maximum Gasteiger partial charge on any atom is 0.168 e. The Morgan fingerprint density at radius 2 is 2.00 bits per heavy atom. The summed E-state index contributed by atoms with van der Waals surface area (Å²) in [5, 5.41) is 0. The molecule has 3 heteroatoms. The molecule has 2 nitrogen and oxygen atoms in total. The van der Waals surface area contributed by atoms with Crippen molar-refractivity contribution in [1.29, 1.82) is 0 Å². The monoisotopic (exact) mass is 296 g/mol. The Bertz CT molecular complexity index is 411. The Kier molecular flexibility index (Phi) is 4.00. The van der Waals surface area contributed by atoms with Crippen molar-refractivity contribution in [3.63, 3.8) is 0 Å². The van der Waals surface area contributed by atoms with Crippen molar-refractivity contribution >= 4 is 21.7 Å². The van der Waals surface area contributed by atoms with E-state index in [1.807, 2.05) is 26.0 Å². The van der Waals surface area contributed by atoms with Crippen LogP contribution in [0.25, 0.3) is 0 Å². The average molecular weight is 297 g/mol. The molecule has 1 aliphatic heterocycles. The van der Waals surface area contributed by atoms with E-state index in [9.17, 15) is 4.79 Å². The lowest BCUT2D eigenvalue weighted by atomic mass is 9.91. The molecule has 1 saturated heterocycles. The molecule has 92 valence electrons. The summed E-state index contributed by atoms with van der Waals surface area (Å²) in [6.45, 7) is 5.41. The zero-order chi connectivity index (χ0) is 12.4. The standard InChI is InChI=1S/C14H17BrO2/c1-9-6-12(7-10(2)13(9)15)14(16)11-4-3-5-17-8-11/h6-7,11H,3-5,8H2,1-2H3. The number of aryl methyl sites for hydroxylation is 2. The average Bonchev–Trinajstić information content (AvgIpc) is 2.35. The van der Waals surface area contributed by atoms with Crippen molar-refractivity contribution < 1.29 is 9.53 Å². The van der Waals surface area contributed by atoms with Gasteiger partial charge in [-0.05, 0) is 49.9 Å². The summed E-state index contributed by atoms with van der Waals surface area (Å²) in [6, 6.07) is 3.93. The first-order valence-electron chi connectivity index (χ1n) is 5.98. The van der Waals surface area contributed by atoms with Crippen LogP contribution in [0.4, 0.5) is 0 Å². The summed E-state index contributed by atoms with van der Waals surface area (Å²) in [5.41, 5.74) is 3.05. The van der Waals surface area contributed by atoms with Crippen molar-refractivity contribution in [2.45, 2.75) is 26.7 Å². The highest BCUT2D eigenvalue weighted by atomic mass is 79.9. The van der Waals surface area contributed by atoms with Crippen LogP contribution in [-0.4, -0.2) is 19.0 Å². The predicted octanol–water partition coefficient (Wildman–Crippen LogP) is 3.68.